The average molecular weight is 177 g/mol. The van der Waals surface area contributed by atoms with Crippen molar-refractivity contribution in [2.75, 3.05) is 12.3 Å². The lowest BCUT2D eigenvalue weighted by Gasteiger charge is -2.01. The van der Waals surface area contributed by atoms with E-state index in [1.807, 2.05) is 13.0 Å². The van der Waals surface area contributed by atoms with Crippen LogP contribution >= 0.6 is 0 Å². The first-order valence-electron chi connectivity index (χ1n) is 4.31. The lowest BCUT2D eigenvalue weighted by atomic mass is 10.1. The summed E-state index contributed by atoms with van der Waals surface area (Å²) in [6.45, 7) is 2.71. The molecule has 0 aliphatic carbocycles. The Morgan fingerprint density at radius 2 is 2.31 bits per heavy atom. The summed E-state index contributed by atoms with van der Waals surface area (Å²) in [5.41, 5.74) is 13.9. The van der Waals surface area contributed by atoms with E-state index in [-0.39, 0.29) is 0 Å². The number of rotatable bonds is 3. The zero-order valence-corrected chi connectivity index (χ0v) is 7.83. The van der Waals surface area contributed by atoms with E-state index in [0.717, 1.165) is 12.0 Å². The van der Waals surface area contributed by atoms with Crippen molar-refractivity contribution in [2.24, 2.45) is 5.73 Å². The van der Waals surface area contributed by atoms with Crippen LogP contribution in [0.15, 0.2) is 24.5 Å². The highest BCUT2D eigenvalue weighted by atomic mass is 14.7. The zero-order chi connectivity index (χ0) is 9.68. The molecule has 0 aliphatic rings. The van der Waals surface area contributed by atoms with Gasteiger partial charge in [0.15, 0.2) is 0 Å². The molecule has 0 spiro atoms. The fourth-order valence-corrected chi connectivity index (χ4v) is 1.09. The third kappa shape index (κ3) is 2.87. The minimum atomic E-state index is 0.674. The smallest absolute Gasteiger partial charge is 0.0506 e. The highest BCUT2D eigenvalue weighted by Crippen LogP contribution is 2.14. The highest BCUT2D eigenvalue weighted by Gasteiger charge is 1.95. The second-order valence-electron chi connectivity index (χ2n) is 2.97. The predicted octanol–water partition coefficient (Wildman–Crippen LogP) is 1.42. The third-order valence-electron chi connectivity index (χ3n) is 1.83. The SMILES string of the molecule is CC(=CCCN)c1cncc(N)c1. The van der Waals surface area contributed by atoms with Crippen molar-refractivity contribution in [3.8, 4) is 0 Å². The van der Waals surface area contributed by atoms with Crippen LogP contribution in [0.3, 0.4) is 0 Å². The molecule has 0 aromatic carbocycles. The molecular weight excluding hydrogens is 162 g/mol. The van der Waals surface area contributed by atoms with Crippen LogP contribution in [0.25, 0.3) is 5.57 Å². The van der Waals surface area contributed by atoms with E-state index in [1.165, 1.54) is 5.57 Å². The summed E-state index contributed by atoms with van der Waals surface area (Å²) in [7, 11) is 0. The maximum absolute atomic E-state index is 5.61. The third-order valence-corrected chi connectivity index (χ3v) is 1.83. The van der Waals surface area contributed by atoms with Gasteiger partial charge in [-0.2, -0.15) is 0 Å². The molecule has 0 amide bonds. The molecule has 0 radical (unpaired) electrons. The van der Waals surface area contributed by atoms with Gasteiger partial charge in [0.1, 0.15) is 0 Å². The molecule has 0 unspecified atom stereocenters. The lowest BCUT2D eigenvalue weighted by molar-refractivity contribution is 1.01. The van der Waals surface area contributed by atoms with Crippen LogP contribution in [-0.4, -0.2) is 11.5 Å². The van der Waals surface area contributed by atoms with Gasteiger partial charge < -0.3 is 11.5 Å². The molecule has 0 aliphatic heterocycles. The normalized spacial score (nSPS) is 11.7. The Hall–Kier alpha value is -1.35. The molecule has 3 nitrogen and oxygen atoms in total. The number of nitrogens with zero attached hydrogens (tertiary/aromatic N) is 1. The molecule has 1 heterocycles. The Morgan fingerprint density at radius 1 is 1.54 bits per heavy atom. The summed E-state index contributed by atoms with van der Waals surface area (Å²) in [5, 5.41) is 0. The van der Waals surface area contributed by atoms with Gasteiger partial charge in [0.05, 0.1) is 5.69 Å². The maximum Gasteiger partial charge on any atom is 0.0506 e. The monoisotopic (exact) mass is 177 g/mol. The van der Waals surface area contributed by atoms with E-state index in [2.05, 4.69) is 11.1 Å². The van der Waals surface area contributed by atoms with Crippen molar-refractivity contribution in [3.05, 3.63) is 30.1 Å². The Morgan fingerprint density at radius 3 is 2.92 bits per heavy atom. The predicted molar refractivity (Wildman–Crippen MR) is 56.0 cm³/mol. The van der Waals surface area contributed by atoms with E-state index in [1.54, 1.807) is 12.4 Å². The van der Waals surface area contributed by atoms with Crippen LogP contribution in [0.1, 0.15) is 18.9 Å². The number of nitrogen functional groups attached to an aromatic ring is 1. The quantitative estimate of drug-likeness (QED) is 0.733. The van der Waals surface area contributed by atoms with Crippen LogP contribution in [0.5, 0.6) is 0 Å². The maximum atomic E-state index is 5.61. The second-order valence-corrected chi connectivity index (χ2v) is 2.97. The molecule has 1 rings (SSSR count). The van der Waals surface area contributed by atoms with Crippen molar-refractivity contribution >= 4 is 11.3 Å². The highest BCUT2D eigenvalue weighted by molar-refractivity contribution is 5.65. The average Bonchev–Trinajstić information content (AvgIpc) is 2.14. The fourth-order valence-electron chi connectivity index (χ4n) is 1.09. The Balaban J connectivity index is 2.82. The van der Waals surface area contributed by atoms with Crippen LogP contribution in [0.4, 0.5) is 5.69 Å². The Kier molecular flexibility index (Phi) is 3.46. The fraction of sp³-hybridized carbons (Fsp3) is 0.300. The van der Waals surface area contributed by atoms with Gasteiger partial charge >= 0.3 is 0 Å². The van der Waals surface area contributed by atoms with Gasteiger partial charge in [-0.05, 0) is 37.1 Å². The summed E-state index contributed by atoms with van der Waals surface area (Å²) < 4.78 is 0. The summed E-state index contributed by atoms with van der Waals surface area (Å²) >= 11 is 0. The van der Waals surface area contributed by atoms with Crippen molar-refractivity contribution < 1.29 is 0 Å². The summed E-state index contributed by atoms with van der Waals surface area (Å²) in [4.78, 5) is 4.02. The van der Waals surface area contributed by atoms with E-state index in [9.17, 15) is 0 Å². The van der Waals surface area contributed by atoms with Gasteiger partial charge in [0.2, 0.25) is 0 Å². The molecule has 0 saturated carbocycles. The summed E-state index contributed by atoms with van der Waals surface area (Å²) in [6, 6.07) is 1.91. The van der Waals surface area contributed by atoms with Crippen LogP contribution in [0.2, 0.25) is 0 Å². The molecule has 3 heteroatoms. The molecule has 70 valence electrons. The van der Waals surface area contributed by atoms with Gasteiger partial charge in [-0.1, -0.05) is 6.08 Å². The molecule has 1 aromatic heterocycles. The second kappa shape index (κ2) is 4.62. The molecule has 0 fully saturated rings. The summed E-state index contributed by atoms with van der Waals surface area (Å²) in [5.74, 6) is 0. The Bertz CT molecular complexity index is 305. The minimum Gasteiger partial charge on any atom is -0.397 e. The van der Waals surface area contributed by atoms with Gasteiger partial charge in [-0.15, -0.1) is 0 Å². The van der Waals surface area contributed by atoms with Gasteiger partial charge in [-0.25, -0.2) is 0 Å². The molecule has 13 heavy (non-hydrogen) atoms. The molecule has 0 saturated heterocycles. The van der Waals surface area contributed by atoms with Gasteiger partial charge in [-0.3, -0.25) is 4.98 Å². The number of allylic oxidation sites excluding steroid dienone is 1. The van der Waals surface area contributed by atoms with Crippen molar-refractivity contribution in [1.82, 2.24) is 4.98 Å². The zero-order valence-electron chi connectivity index (χ0n) is 7.83. The number of aromatic nitrogens is 1. The summed E-state index contributed by atoms with van der Waals surface area (Å²) in [6.07, 6.45) is 6.43. The molecule has 4 N–H and O–H groups in total. The largest absolute Gasteiger partial charge is 0.397 e. The number of hydrogen-bond donors (Lipinski definition) is 2. The Labute approximate surface area is 78.5 Å². The first-order valence-corrected chi connectivity index (χ1v) is 4.31. The number of pyridine rings is 1. The van der Waals surface area contributed by atoms with Gasteiger partial charge in [0, 0.05) is 12.4 Å². The van der Waals surface area contributed by atoms with Crippen molar-refractivity contribution in [2.45, 2.75) is 13.3 Å². The minimum absolute atomic E-state index is 0.674. The molecule has 1 aromatic rings. The standard InChI is InChI=1S/C10H15N3/c1-8(3-2-4-11)9-5-10(12)7-13-6-9/h3,5-7H,2,4,11-12H2,1H3. The first-order chi connectivity index (χ1) is 6.24. The van der Waals surface area contributed by atoms with E-state index >= 15 is 0 Å². The first kappa shape index (κ1) is 9.74. The lowest BCUT2D eigenvalue weighted by Crippen LogP contribution is -1.96. The van der Waals surface area contributed by atoms with Crippen LogP contribution in [0, 0.1) is 0 Å². The van der Waals surface area contributed by atoms with Crippen molar-refractivity contribution in [1.29, 1.82) is 0 Å². The van der Waals surface area contributed by atoms with Crippen LogP contribution in [-0.2, 0) is 0 Å². The van der Waals surface area contributed by atoms with Gasteiger partial charge in [0.25, 0.3) is 0 Å². The molecule has 0 atom stereocenters. The number of nitrogens with two attached hydrogens (primary N) is 2. The van der Waals surface area contributed by atoms with E-state index < -0.39 is 0 Å². The van der Waals surface area contributed by atoms with Crippen LogP contribution < -0.4 is 11.5 Å². The number of anilines is 1. The molecule has 0 bridgehead atoms. The van der Waals surface area contributed by atoms with E-state index in [4.69, 9.17) is 11.5 Å². The van der Waals surface area contributed by atoms with E-state index in [0.29, 0.717) is 12.2 Å². The van der Waals surface area contributed by atoms with Crippen molar-refractivity contribution in [3.63, 3.8) is 0 Å². The number of hydrogen-bond acceptors (Lipinski definition) is 3. The molecular formula is C10H15N3. The topological polar surface area (TPSA) is 64.9 Å².